The summed E-state index contributed by atoms with van der Waals surface area (Å²) >= 11 is 0. The normalized spacial score (nSPS) is 12.0. The minimum Gasteiger partial charge on any atom is -0.392 e. The number of fused-ring (bicyclic) bond motifs is 1. The maximum Gasteiger partial charge on any atom is 0.417 e. The number of halogens is 3. The Morgan fingerprint density at radius 3 is 2.31 bits per heavy atom. The molecule has 1 N–H and O–H groups in total. The lowest BCUT2D eigenvalue weighted by Gasteiger charge is -2.14. The van der Waals surface area contributed by atoms with Gasteiger partial charge in [0.15, 0.2) is 0 Å². The lowest BCUT2D eigenvalue weighted by Crippen LogP contribution is -2.10. The van der Waals surface area contributed by atoms with Crippen molar-refractivity contribution < 1.29 is 18.3 Å². The molecule has 0 aromatic heterocycles. The predicted molar refractivity (Wildman–Crippen MR) is 54.9 cm³/mol. The van der Waals surface area contributed by atoms with Gasteiger partial charge in [0.2, 0.25) is 0 Å². The number of aliphatic hydroxyl groups excluding tert-OH is 1. The monoisotopic (exact) mass is 226 g/mol. The highest BCUT2D eigenvalue weighted by molar-refractivity contribution is 5.87. The van der Waals surface area contributed by atoms with Gasteiger partial charge >= 0.3 is 6.18 Å². The maximum atomic E-state index is 12.9. The fraction of sp³-hybridized carbons (Fsp3) is 0.167. The number of alkyl halides is 3. The molecule has 0 aliphatic heterocycles. The molecule has 0 saturated heterocycles. The molecule has 0 saturated carbocycles. The minimum absolute atomic E-state index is 0.0915. The Balaban J connectivity index is 2.84. The van der Waals surface area contributed by atoms with Crippen LogP contribution in [0.3, 0.4) is 0 Å². The fourth-order valence-electron chi connectivity index (χ4n) is 1.78. The molecule has 1 nitrogen and oxygen atoms in total. The molecule has 0 bridgehead atoms. The Labute approximate surface area is 90.1 Å². The van der Waals surface area contributed by atoms with Crippen LogP contribution in [-0.4, -0.2) is 5.11 Å². The summed E-state index contributed by atoms with van der Waals surface area (Å²) in [7, 11) is 0. The first kappa shape index (κ1) is 11.0. The van der Waals surface area contributed by atoms with Crippen LogP contribution in [0, 0.1) is 0 Å². The van der Waals surface area contributed by atoms with Crippen molar-refractivity contribution in [2.45, 2.75) is 12.8 Å². The largest absolute Gasteiger partial charge is 0.417 e. The zero-order chi connectivity index (χ0) is 11.8. The first-order chi connectivity index (χ1) is 7.54. The lowest BCUT2D eigenvalue weighted by molar-refractivity contribution is -0.137. The molecule has 2 aromatic carbocycles. The van der Waals surface area contributed by atoms with Gasteiger partial charge in [-0.05, 0) is 16.3 Å². The van der Waals surface area contributed by atoms with E-state index in [4.69, 9.17) is 5.11 Å². The second-order valence-corrected chi connectivity index (χ2v) is 3.48. The third kappa shape index (κ3) is 1.76. The number of aliphatic hydroxyl groups is 1. The van der Waals surface area contributed by atoms with E-state index in [-0.39, 0.29) is 10.9 Å². The number of hydrogen-bond donors (Lipinski definition) is 1. The molecular formula is C12H9F3O. The number of hydrogen-bond acceptors (Lipinski definition) is 1. The van der Waals surface area contributed by atoms with Gasteiger partial charge in [-0.25, -0.2) is 0 Å². The highest BCUT2D eigenvalue weighted by Crippen LogP contribution is 2.37. The molecule has 0 atom stereocenters. The van der Waals surface area contributed by atoms with E-state index >= 15 is 0 Å². The van der Waals surface area contributed by atoms with E-state index in [9.17, 15) is 13.2 Å². The van der Waals surface area contributed by atoms with Gasteiger partial charge in [-0.3, -0.25) is 0 Å². The molecule has 0 radical (unpaired) electrons. The Kier molecular flexibility index (Phi) is 2.59. The average Bonchev–Trinajstić information content (AvgIpc) is 2.26. The van der Waals surface area contributed by atoms with Crippen molar-refractivity contribution in [3.63, 3.8) is 0 Å². The smallest absolute Gasteiger partial charge is 0.392 e. The Hall–Kier alpha value is -1.55. The Bertz CT molecular complexity index is 517. The first-order valence-electron chi connectivity index (χ1n) is 4.72. The van der Waals surface area contributed by atoms with Gasteiger partial charge < -0.3 is 5.11 Å². The highest BCUT2D eigenvalue weighted by atomic mass is 19.4. The number of rotatable bonds is 1. The summed E-state index contributed by atoms with van der Waals surface area (Å²) in [5.74, 6) is 0. The van der Waals surface area contributed by atoms with E-state index < -0.39 is 18.3 Å². The van der Waals surface area contributed by atoms with Gasteiger partial charge in [0.05, 0.1) is 12.2 Å². The van der Waals surface area contributed by atoms with Crippen LogP contribution < -0.4 is 0 Å². The summed E-state index contributed by atoms with van der Waals surface area (Å²) in [5.41, 5.74) is -0.834. The SMILES string of the molecule is OCc1ccc2ccccc2c1C(F)(F)F. The van der Waals surface area contributed by atoms with Crippen LogP contribution >= 0.6 is 0 Å². The first-order valence-corrected chi connectivity index (χ1v) is 4.72. The third-order valence-corrected chi connectivity index (χ3v) is 2.47. The lowest BCUT2D eigenvalue weighted by atomic mass is 9.99. The topological polar surface area (TPSA) is 20.2 Å². The molecule has 0 aliphatic carbocycles. The zero-order valence-corrected chi connectivity index (χ0v) is 8.25. The average molecular weight is 226 g/mol. The number of benzene rings is 2. The third-order valence-electron chi connectivity index (χ3n) is 2.47. The van der Waals surface area contributed by atoms with E-state index in [1.807, 2.05) is 0 Å². The molecular weight excluding hydrogens is 217 g/mol. The van der Waals surface area contributed by atoms with Crippen molar-refractivity contribution in [1.82, 2.24) is 0 Å². The standard InChI is InChI=1S/C12H9F3O/c13-12(14,15)11-9(7-16)6-5-8-3-1-2-4-10(8)11/h1-6,16H,7H2. The van der Waals surface area contributed by atoms with Gasteiger partial charge in [-0.1, -0.05) is 36.4 Å². The van der Waals surface area contributed by atoms with E-state index in [0.29, 0.717) is 5.39 Å². The molecule has 2 aromatic rings. The molecule has 0 fully saturated rings. The van der Waals surface area contributed by atoms with E-state index in [1.54, 1.807) is 24.3 Å². The molecule has 0 spiro atoms. The molecule has 4 heteroatoms. The van der Waals surface area contributed by atoms with Crippen LogP contribution in [0.1, 0.15) is 11.1 Å². The quantitative estimate of drug-likeness (QED) is 0.790. The van der Waals surface area contributed by atoms with Crippen LogP contribution in [0.25, 0.3) is 10.8 Å². The van der Waals surface area contributed by atoms with Gasteiger partial charge in [0, 0.05) is 0 Å². The Morgan fingerprint density at radius 2 is 1.69 bits per heavy atom. The van der Waals surface area contributed by atoms with Crippen molar-refractivity contribution in [3.05, 3.63) is 47.5 Å². The van der Waals surface area contributed by atoms with Crippen molar-refractivity contribution in [1.29, 1.82) is 0 Å². The summed E-state index contributed by atoms with van der Waals surface area (Å²) in [6.45, 7) is -0.611. The molecule has 2 rings (SSSR count). The van der Waals surface area contributed by atoms with Gasteiger partial charge in [-0.2, -0.15) is 13.2 Å². The fourth-order valence-corrected chi connectivity index (χ4v) is 1.78. The van der Waals surface area contributed by atoms with Crippen molar-refractivity contribution in [2.75, 3.05) is 0 Å². The molecule has 0 aliphatic rings. The van der Waals surface area contributed by atoms with Gasteiger partial charge in [-0.15, -0.1) is 0 Å². The summed E-state index contributed by atoms with van der Waals surface area (Å²) in [6, 6.07) is 9.16. The van der Waals surface area contributed by atoms with Gasteiger partial charge in [0.1, 0.15) is 0 Å². The van der Waals surface area contributed by atoms with Crippen LogP contribution in [0.15, 0.2) is 36.4 Å². The van der Waals surface area contributed by atoms with Crippen LogP contribution in [0.2, 0.25) is 0 Å². The second-order valence-electron chi connectivity index (χ2n) is 3.48. The minimum atomic E-state index is -4.45. The maximum absolute atomic E-state index is 12.9. The van der Waals surface area contributed by atoms with Gasteiger partial charge in [0.25, 0.3) is 0 Å². The molecule has 0 amide bonds. The summed E-state index contributed by atoms with van der Waals surface area (Å²) in [4.78, 5) is 0. The summed E-state index contributed by atoms with van der Waals surface area (Å²) < 4.78 is 38.6. The molecule has 84 valence electrons. The van der Waals surface area contributed by atoms with Crippen molar-refractivity contribution >= 4 is 10.8 Å². The molecule has 16 heavy (non-hydrogen) atoms. The van der Waals surface area contributed by atoms with Crippen molar-refractivity contribution in [2.24, 2.45) is 0 Å². The van der Waals surface area contributed by atoms with E-state index in [2.05, 4.69) is 0 Å². The molecule has 0 heterocycles. The van der Waals surface area contributed by atoms with Crippen LogP contribution in [0.4, 0.5) is 13.2 Å². The summed E-state index contributed by atoms with van der Waals surface area (Å²) in [5, 5.41) is 9.59. The van der Waals surface area contributed by atoms with Crippen LogP contribution in [-0.2, 0) is 12.8 Å². The zero-order valence-electron chi connectivity index (χ0n) is 8.25. The van der Waals surface area contributed by atoms with Crippen molar-refractivity contribution in [3.8, 4) is 0 Å². The Morgan fingerprint density at radius 1 is 1.00 bits per heavy atom. The van der Waals surface area contributed by atoms with Crippen LogP contribution in [0.5, 0.6) is 0 Å². The highest BCUT2D eigenvalue weighted by Gasteiger charge is 2.34. The van der Waals surface area contributed by atoms with E-state index in [0.717, 1.165) is 0 Å². The predicted octanol–water partition coefficient (Wildman–Crippen LogP) is 3.35. The summed E-state index contributed by atoms with van der Waals surface area (Å²) in [6.07, 6.45) is -4.45. The molecule has 0 unspecified atom stereocenters. The second kappa shape index (κ2) is 3.79. The van der Waals surface area contributed by atoms with E-state index in [1.165, 1.54) is 12.1 Å².